The highest BCUT2D eigenvalue weighted by Gasteiger charge is 2.28. The first kappa shape index (κ1) is 22.2. The number of hydrogen-bond acceptors (Lipinski definition) is 6. The number of anilines is 1. The minimum atomic E-state index is -4.14. The van der Waals surface area contributed by atoms with E-state index in [1.54, 1.807) is 17.0 Å². The Morgan fingerprint density at radius 2 is 1.79 bits per heavy atom. The van der Waals surface area contributed by atoms with Gasteiger partial charge in [-0.1, -0.05) is 12.1 Å². The zero-order valence-corrected chi connectivity index (χ0v) is 19.1. The van der Waals surface area contributed by atoms with Crippen molar-refractivity contribution in [2.45, 2.75) is 68.9 Å². The fraction of sp³-hybridized carbons (Fsp3) is 0.455. The second-order valence-electron chi connectivity index (χ2n) is 9.01. The van der Waals surface area contributed by atoms with Gasteiger partial charge < -0.3 is 15.4 Å². The number of aromatic nitrogens is 2. The van der Waals surface area contributed by atoms with Crippen LogP contribution < -0.4 is 10.0 Å². The maximum atomic E-state index is 12.8. The summed E-state index contributed by atoms with van der Waals surface area (Å²) in [6.07, 6.45) is 10.8. The van der Waals surface area contributed by atoms with Crippen molar-refractivity contribution in [3.63, 3.8) is 0 Å². The summed E-state index contributed by atoms with van der Waals surface area (Å²) in [7, 11) is -5.60. The summed E-state index contributed by atoms with van der Waals surface area (Å²) >= 11 is 0. The van der Waals surface area contributed by atoms with Crippen LogP contribution in [0.4, 0.5) is 10.5 Å². The average molecular weight is 470 g/mol. The molecule has 1 aromatic carbocycles. The number of rotatable bonds is 5. The van der Waals surface area contributed by atoms with Crippen molar-refractivity contribution in [2.24, 2.45) is 0 Å². The normalized spacial score (nSPS) is 19.6. The first-order valence-electron chi connectivity index (χ1n) is 11.4. The van der Waals surface area contributed by atoms with Crippen molar-refractivity contribution in [3.8, 4) is 0 Å². The second-order valence-corrected chi connectivity index (χ2v) is 10.6. The first-order valence-corrected chi connectivity index (χ1v) is 12.9. The van der Waals surface area contributed by atoms with Crippen molar-refractivity contribution >= 4 is 28.9 Å². The summed E-state index contributed by atoms with van der Waals surface area (Å²) in [6.45, 7) is 0. The lowest BCUT2D eigenvalue weighted by molar-refractivity contribution is 0.256. The van der Waals surface area contributed by atoms with Gasteiger partial charge >= 0.3 is 13.1 Å². The molecule has 0 bridgehead atoms. The number of carbonyl (C=O) groups excluding carboxylic acids is 1. The minimum absolute atomic E-state index is 0.0835. The Kier molecular flexibility index (Phi) is 5.80. The molecule has 1 atom stereocenters. The number of nitrogens with zero attached hydrogens (tertiary/aromatic N) is 2. The fourth-order valence-corrected chi connectivity index (χ4v) is 6.10. The molecule has 1 heterocycles. The molecule has 0 aliphatic heterocycles. The van der Waals surface area contributed by atoms with E-state index in [1.165, 1.54) is 17.2 Å². The third-order valence-corrected chi connectivity index (χ3v) is 8.14. The smallest absolute Gasteiger partial charge is 0.423 e. The van der Waals surface area contributed by atoms with Crippen LogP contribution in [0.5, 0.6) is 0 Å². The van der Waals surface area contributed by atoms with E-state index in [0.29, 0.717) is 24.7 Å². The van der Waals surface area contributed by atoms with Crippen molar-refractivity contribution in [2.75, 3.05) is 5.32 Å². The topological polar surface area (TPSA) is 134 Å². The maximum Gasteiger partial charge on any atom is 0.483 e. The molecule has 1 aromatic heterocycles. The van der Waals surface area contributed by atoms with E-state index in [1.807, 2.05) is 0 Å². The van der Waals surface area contributed by atoms with Crippen LogP contribution in [0, 0.1) is 0 Å². The van der Waals surface area contributed by atoms with Gasteiger partial charge in [-0.05, 0) is 91.6 Å². The van der Waals surface area contributed by atoms with Crippen molar-refractivity contribution in [1.82, 2.24) is 14.5 Å². The van der Waals surface area contributed by atoms with Crippen LogP contribution in [-0.2, 0) is 35.7 Å². The largest absolute Gasteiger partial charge is 0.483 e. The molecule has 9 nitrogen and oxygen atoms in total. The zero-order chi connectivity index (χ0) is 23.2. The molecule has 5 rings (SSSR count). The lowest BCUT2D eigenvalue weighted by Gasteiger charge is -2.22. The monoisotopic (exact) mass is 470 g/mol. The van der Waals surface area contributed by atoms with Gasteiger partial charge in [-0.2, -0.15) is 13.5 Å². The van der Waals surface area contributed by atoms with Crippen LogP contribution in [0.1, 0.15) is 60.4 Å². The molecule has 33 heavy (non-hydrogen) atoms. The van der Waals surface area contributed by atoms with Crippen LogP contribution in [0.2, 0.25) is 0 Å². The lowest BCUT2D eigenvalue weighted by Crippen LogP contribution is -2.35. The highest BCUT2D eigenvalue weighted by Crippen LogP contribution is 2.38. The molecule has 3 aliphatic carbocycles. The molecular formula is C22H27BN4O5S. The van der Waals surface area contributed by atoms with Crippen LogP contribution >= 0.6 is 0 Å². The van der Waals surface area contributed by atoms with Gasteiger partial charge in [0.05, 0.1) is 6.04 Å². The van der Waals surface area contributed by atoms with Crippen LogP contribution in [-0.4, -0.2) is 41.4 Å². The molecule has 3 aliphatic rings. The summed E-state index contributed by atoms with van der Waals surface area (Å²) in [5.74, 6) is 0. The molecular weight excluding hydrogens is 443 g/mol. The van der Waals surface area contributed by atoms with E-state index in [9.17, 15) is 23.3 Å². The Morgan fingerprint density at radius 3 is 2.39 bits per heavy atom. The number of benzene rings is 1. The summed E-state index contributed by atoms with van der Waals surface area (Å²) in [4.78, 5) is 12.7. The van der Waals surface area contributed by atoms with Gasteiger partial charge in [-0.15, -0.1) is 0 Å². The number of amides is 2. The number of urea groups is 1. The molecule has 0 fully saturated rings. The molecule has 2 aromatic rings. The third kappa shape index (κ3) is 4.32. The Bertz CT molecular complexity index is 1210. The summed E-state index contributed by atoms with van der Waals surface area (Å²) < 4.78 is 29.3. The summed E-state index contributed by atoms with van der Waals surface area (Å²) in [5, 5.41) is 25.3. The molecule has 0 spiro atoms. The lowest BCUT2D eigenvalue weighted by atomic mass is 9.73. The van der Waals surface area contributed by atoms with Crippen LogP contribution in [0.3, 0.4) is 0 Å². The average Bonchev–Trinajstić information content (AvgIpc) is 3.53. The van der Waals surface area contributed by atoms with Gasteiger partial charge in [0.2, 0.25) is 0 Å². The molecule has 1 unspecified atom stereocenters. The number of allylic oxidation sites excluding steroid dienone is 2. The minimum Gasteiger partial charge on any atom is -0.423 e. The SMILES string of the molecule is O=C(Nc1c2c(cc3c1CCC3)CCC2)NS(=O)(=O)c1ccn(C2CC=C(B(O)O)CC2)n1. The van der Waals surface area contributed by atoms with Crippen molar-refractivity contribution in [3.05, 3.63) is 52.1 Å². The molecule has 4 N–H and O–H groups in total. The van der Waals surface area contributed by atoms with Gasteiger partial charge in [-0.3, -0.25) is 4.68 Å². The summed E-state index contributed by atoms with van der Waals surface area (Å²) in [5.41, 5.74) is 6.11. The molecule has 11 heteroatoms. The Morgan fingerprint density at radius 1 is 1.09 bits per heavy atom. The predicted molar refractivity (Wildman–Crippen MR) is 123 cm³/mol. The fourth-order valence-electron chi connectivity index (χ4n) is 5.26. The molecule has 174 valence electrons. The van der Waals surface area contributed by atoms with E-state index >= 15 is 0 Å². The van der Waals surface area contributed by atoms with Gasteiger partial charge in [-0.25, -0.2) is 9.52 Å². The molecule has 0 saturated carbocycles. The van der Waals surface area contributed by atoms with Crippen LogP contribution in [0.15, 0.2) is 34.9 Å². The van der Waals surface area contributed by atoms with Gasteiger partial charge in [0.1, 0.15) is 0 Å². The highest BCUT2D eigenvalue weighted by molar-refractivity contribution is 7.90. The molecule has 0 saturated heterocycles. The second kappa shape index (κ2) is 8.62. The number of nitrogens with one attached hydrogen (secondary N) is 2. The summed E-state index contributed by atoms with van der Waals surface area (Å²) in [6, 6.07) is 2.76. The number of aryl methyl sites for hydroxylation is 2. The maximum absolute atomic E-state index is 12.8. The van der Waals surface area contributed by atoms with E-state index in [4.69, 9.17) is 0 Å². The van der Waals surface area contributed by atoms with Gasteiger partial charge in [0.25, 0.3) is 10.0 Å². The third-order valence-electron chi connectivity index (χ3n) is 6.92. The number of hydrogen-bond donors (Lipinski definition) is 4. The van der Waals surface area contributed by atoms with Gasteiger partial charge in [0, 0.05) is 11.9 Å². The Labute approximate surface area is 193 Å². The quantitative estimate of drug-likeness (QED) is 0.495. The standard InChI is InChI=1S/C22H27BN4O5S/c28-22(24-21-18-5-1-3-14(18)13-15-4-2-6-19(15)21)26-33(31,32)20-11-12-27(25-20)17-9-7-16(8-10-17)23(29)30/h7,11-13,17,29-30H,1-6,8-10H2,(H2,24,26,28). The van der Waals surface area contributed by atoms with E-state index in [2.05, 4.69) is 21.2 Å². The van der Waals surface area contributed by atoms with E-state index < -0.39 is 23.2 Å². The van der Waals surface area contributed by atoms with Crippen molar-refractivity contribution < 1.29 is 23.3 Å². The Balaban J connectivity index is 1.30. The number of carbonyl (C=O) groups is 1. The Hall–Kier alpha value is -2.63. The van der Waals surface area contributed by atoms with Gasteiger partial charge in [0.15, 0.2) is 5.03 Å². The molecule has 2 amide bonds. The van der Waals surface area contributed by atoms with Crippen LogP contribution in [0.25, 0.3) is 0 Å². The number of sulfonamides is 1. The van der Waals surface area contributed by atoms with E-state index in [0.717, 1.165) is 55.3 Å². The molecule has 0 radical (unpaired) electrons. The number of fused-ring (bicyclic) bond motifs is 2. The highest BCUT2D eigenvalue weighted by atomic mass is 32.2. The predicted octanol–water partition coefficient (Wildman–Crippen LogP) is 2.03. The van der Waals surface area contributed by atoms with E-state index in [-0.39, 0.29) is 11.1 Å². The van der Waals surface area contributed by atoms with Crippen molar-refractivity contribution in [1.29, 1.82) is 0 Å². The first-order chi connectivity index (χ1) is 15.8. The zero-order valence-electron chi connectivity index (χ0n) is 18.2.